The molecule has 0 unspecified atom stereocenters. The third-order valence-corrected chi connectivity index (χ3v) is 3.86. The van der Waals surface area contributed by atoms with Gasteiger partial charge in [-0.05, 0) is 30.2 Å². The number of hydrogen-bond donors (Lipinski definition) is 1. The number of H-pyrrole nitrogens is 1. The number of hydrogen-bond acceptors (Lipinski definition) is 3. The lowest BCUT2D eigenvalue weighted by Crippen LogP contribution is -1.90. The number of pyridine rings is 1. The number of allylic oxidation sites excluding steroid dienone is 7. The Kier molecular flexibility index (Phi) is 7.70. The first kappa shape index (κ1) is 20.0. The highest BCUT2D eigenvalue weighted by Crippen LogP contribution is 2.20. The predicted octanol–water partition coefficient (Wildman–Crippen LogP) is 5.54. The summed E-state index contributed by atoms with van der Waals surface area (Å²) in [4.78, 5) is 12.2. The van der Waals surface area contributed by atoms with Gasteiger partial charge in [-0.2, -0.15) is 0 Å². The van der Waals surface area contributed by atoms with Crippen LogP contribution in [-0.2, 0) is 11.2 Å². The van der Waals surface area contributed by atoms with Crippen LogP contribution in [-0.4, -0.2) is 27.9 Å². The largest absolute Gasteiger partial charge is 0.496 e. The third kappa shape index (κ3) is 5.61. The Morgan fingerprint density at radius 1 is 1.42 bits per heavy atom. The molecule has 2 aromatic heterocycles. The summed E-state index contributed by atoms with van der Waals surface area (Å²) >= 11 is 11.6. The van der Waals surface area contributed by atoms with Gasteiger partial charge in [-0.1, -0.05) is 43.0 Å². The number of imidazole rings is 1. The number of halogens is 2. The van der Waals surface area contributed by atoms with E-state index >= 15 is 0 Å². The van der Waals surface area contributed by atoms with Crippen molar-refractivity contribution in [2.24, 2.45) is 0 Å². The molecular weight excluding hydrogens is 369 g/mol. The van der Waals surface area contributed by atoms with Crippen LogP contribution in [0.2, 0.25) is 0 Å². The molecule has 2 heterocycles. The van der Waals surface area contributed by atoms with Crippen molar-refractivity contribution in [1.29, 1.82) is 0 Å². The van der Waals surface area contributed by atoms with Crippen LogP contribution in [0.3, 0.4) is 0 Å². The van der Waals surface area contributed by atoms with Crippen LogP contribution in [0, 0.1) is 0 Å². The molecule has 1 N–H and O–H groups in total. The van der Waals surface area contributed by atoms with Gasteiger partial charge in [-0.3, -0.25) is 0 Å². The van der Waals surface area contributed by atoms with Crippen molar-refractivity contribution in [2.45, 2.75) is 12.8 Å². The first-order chi connectivity index (χ1) is 12.6. The zero-order valence-corrected chi connectivity index (χ0v) is 16.1. The second kappa shape index (κ2) is 10.00. The van der Waals surface area contributed by atoms with E-state index in [0.717, 1.165) is 28.9 Å². The molecule has 0 atom stereocenters. The normalized spacial score (nSPS) is 12.7. The van der Waals surface area contributed by atoms with Crippen LogP contribution < -0.4 is 0 Å². The van der Waals surface area contributed by atoms with Crippen LogP contribution in [0.15, 0.2) is 66.4 Å². The Hall–Kier alpha value is -2.30. The summed E-state index contributed by atoms with van der Waals surface area (Å²) in [5.74, 6) is 1.99. The monoisotopic (exact) mass is 389 g/mol. The molecule has 0 fully saturated rings. The topological polar surface area (TPSA) is 50.8 Å². The smallest absolute Gasteiger partial charge is 0.177 e. The maximum atomic E-state index is 5.89. The average molecular weight is 390 g/mol. The molecule has 26 heavy (non-hydrogen) atoms. The minimum absolute atomic E-state index is 0.448. The van der Waals surface area contributed by atoms with Crippen LogP contribution in [0.1, 0.15) is 17.8 Å². The van der Waals surface area contributed by atoms with Crippen LogP contribution in [0.5, 0.6) is 0 Å². The molecule has 0 amide bonds. The number of nitrogens with zero attached hydrogens (tertiary/aromatic N) is 2. The Morgan fingerprint density at radius 3 is 2.88 bits per heavy atom. The van der Waals surface area contributed by atoms with E-state index in [-0.39, 0.29) is 0 Å². The zero-order valence-electron chi connectivity index (χ0n) is 14.6. The maximum absolute atomic E-state index is 5.89. The van der Waals surface area contributed by atoms with Gasteiger partial charge in [0.25, 0.3) is 0 Å². The van der Waals surface area contributed by atoms with Gasteiger partial charge < -0.3 is 9.72 Å². The Labute approximate surface area is 163 Å². The van der Waals surface area contributed by atoms with Gasteiger partial charge in [-0.25, -0.2) is 9.97 Å². The Morgan fingerprint density at radius 2 is 2.23 bits per heavy atom. The van der Waals surface area contributed by atoms with E-state index in [1.54, 1.807) is 25.5 Å². The highest BCUT2D eigenvalue weighted by molar-refractivity contribution is 6.30. The standard InChI is InChI=1S/C20H21Cl2N3O/c1-4-6-18(26-3)16-12-17-20(23-13-16)25-19(24-17)9-8-15(7-5-10-21)11-14(2)22/h4-7,11-13H,1-2,8-10H2,3H3,(H,23,24,25)/b7-5-,15-11+,18-6-. The minimum Gasteiger partial charge on any atom is -0.496 e. The Balaban J connectivity index is 2.20. The summed E-state index contributed by atoms with van der Waals surface area (Å²) in [6.45, 7) is 7.40. The van der Waals surface area contributed by atoms with Crippen molar-refractivity contribution in [3.63, 3.8) is 0 Å². The molecule has 0 aliphatic carbocycles. The van der Waals surface area contributed by atoms with Gasteiger partial charge in [-0.15, -0.1) is 11.6 Å². The van der Waals surface area contributed by atoms with Crippen molar-refractivity contribution in [3.05, 3.63) is 77.8 Å². The van der Waals surface area contributed by atoms with Gasteiger partial charge in [0.1, 0.15) is 11.6 Å². The molecule has 0 aliphatic rings. The molecular formula is C20H21Cl2N3O. The lowest BCUT2D eigenvalue weighted by Gasteiger charge is -2.04. The number of alkyl halides is 1. The van der Waals surface area contributed by atoms with Gasteiger partial charge in [0.2, 0.25) is 0 Å². The van der Waals surface area contributed by atoms with Gasteiger partial charge in [0, 0.05) is 29.1 Å². The van der Waals surface area contributed by atoms with E-state index in [1.165, 1.54) is 0 Å². The van der Waals surface area contributed by atoms with E-state index in [4.69, 9.17) is 27.9 Å². The van der Waals surface area contributed by atoms with E-state index < -0.39 is 0 Å². The van der Waals surface area contributed by atoms with Crippen molar-refractivity contribution < 1.29 is 4.74 Å². The van der Waals surface area contributed by atoms with Crippen molar-refractivity contribution >= 4 is 40.1 Å². The number of nitrogens with one attached hydrogen (secondary N) is 1. The van der Waals surface area contributed by atoms with E-state index in [2.05, 4.69) is 28.1 Å². The van der Waals surface area contributed by atoms with Crippen molar-refractivity contribution in [1.82, 2.24) is 15.0 Å². The highest BCUT2D eigenvalue weighted by atomic mass is 35.5. The number of aryl methyl sites for hydroxylation is 1. The molecule has 4 nitrogen and oxygen atoms in total. The molecule has 0 aromatic carbocycles. The molecule has 0 saturated carbocycles. The molecule has 2 rings (SSSR count). The molecule has 0 spiro atoms. The second-order valence-corrected chi connectivity index (χ2v) is 6.27. The summed E-state index contributed by atoms with van der Waals surface area (Å²) in [7, 11) is 1.62. The molecule has 0 aliphatic heterocycles. The quantitative estimate of drug-likeness (QED) is 0.348. The number of rotatable bonds is 9. The lowest BCUT2D eigenvalue weighted by atomic mass is 10.1. The second-order valence-electron chi connectivity index (χ2n) is 5.47. The van der Waals surface area contributed by atoms with E-state index in [0.29, 0.717) is 28.7 Å². The zero-order chi connectivity index (χ0) is 18.9. The van der Waals surface area contributed by atoms with E-state index in [9.17, 15) is 0 Å². The number of aromatic amines is 1. The summed E-state index contributed by atoms with van der Waals surface area (Å²) in [5.41, 5.74) is 3.42. The minimum atomic E-state index is 0.448. The van der Waals surface area contributed by atoms with Gasteiger partial charge >= 0.3 is 0 Å². The third-order valence-electron chi connectivity index (χ3n) is 3.57. The molecule has 0 bridgehead atoms. The summed E-state index contributed by atoms with van der Waals surface area (Å²) in [6.07, 6.45) is 12.3. The first-order valence-corrected chi connectivity index (χ1v) is 8.97. The van der Waals surface area contributed by atoms with Crippen LogP contribution in [0.25, 0.3) is 16.9 Å². The Bertz CT molecular complexity index is 878. The summed E-state index contributed by atoms with van der Waals surface area (Å²) in [5, 5.41) is 0.483. The molecule has 6 heteroatoms. The SMILES string of the molecule is C=C/C=C(\OC)c1cnc2nc(CCC(/C=C\CCl)=C/C(=C)Cl)[nH]c2c1. The van der Waals surface area contributed by atoms with Crippen molar-refractivity contribution in [3.8, 4) is 0 Å². The molecule has 0 saturated heterocycles. The molecule has 0 radical (unpaired) electrons. The van der Waals surface area contributed by atoms with Gasteiger partial charge in [0.15, 0.2) is 5.65 Å². The molecule has 136 valence electrons. The van der Waals surface area contributed by atoms with Gasteiger partial charge in [0.05, 0.1) is 12.6 Å². The van der Waals surface area contributed by atoms with Crippen LogP contribution in [0.4, 0.5) is 0 Å². The van der Waals surface area contributed by atoms with E-state index in [1.807, 2.05) is 24.3 Å². The number of methoxy groups -OCH3 is 1. The average Bonchev–Trinajstić information content (AvgIpc) is 3.03. The first-order valence-electron chi connectivity index (χ1n) is 8.06. The fourth-order valence-electron chi connectivity index (χ4n) is 2.46. The maximum Gasteiger partial charge on any atom is 0.177 e. The predicted molar refractivity (Wildman–Crippen MR) is 110 cm³/mol. The highest BCUT2D eigenvalue weighted by Gasteiger charge is 2.08. The fourth-order valence-corrected chi connectivity index (χ4v) is 2.68. The number of ether oxygens (including phenoxy) is 1. The lowest BCUT2D eigenvalue weighted by molar-refractivity contribution is 0.370. The fraction of sp³-hybridized carbons (Fsp3) is 0.200. The molecule has 2 aromatic rings. The number of fused-ring (bicyclic) bond motifs is 1. The summed E-state index contributed by atoms with van der Waals surface area (Å²) in [6, 6.07) is 1.96. The summed E-state index contributed by atoms with van der Waals surface area (Å²) < 4.78 is 5.35. The number of aromatic nitrogens is 3. The van der Waals surface area contributed by atoms with Crippen LogP contribution >= 0.6 is 23.2 Å². The van der Waals surface area contributed by atoms with Crippen molar-refractivity contribution in [2.75, 3.05) is 13.0 Å².